The fraction of sp³-hybridized carbons (Fsp3) is 0.500. The van der Waals surface area contributed by atoms with Crippen LogP contribution in [0, 0.1) is 13.8 Å². The van der Waals surface area contributed by atoms with Gasteiger partial charge in [-0.05, 0) is 31.9 Å². The Morgan fingerprint density at radius 3 is 2.80 bits per heavy atom. The van der Waals surface area contributed by atoms with Crippen LogP contribution in [0.5, 0.6) is 0 Å². The van der Waals surface area contributed by atoms with Crippen LogP contribution in [0.15, 0.2) is 18.5 Å². The molecule has 0 aromatic carbocycles. The summed E-state index contributed by atoms with van der Waals surface area (Å²) in [6, 6.07) is 4.06. The van der Waals surface area contributed by atoms with E-state index in [9.17, 15) is 0 Å². The second-order valence-corrected chi connectivity index (χ2v) is 4.95. The standard InChI is InChI=1S/C14H22N6/c1-4-7-20-14(16-9-17-20)8-13(19-15)12-6-5-10(2)18-11(12)3/h5-6,9,13,19H,4,7-8,15H2,1-3H3. The number of nitrogens with two attached hydrogens (primary N) is 1. The summed E-state index contributed by atoms with van der Waals surface area (Å²) >= 11 is 0. The van der Waals surface area contributed by atoms with Gasteiger partial charge in [-0.25, -0.2) is 4.98 Å². The molecule has 0 radical (unpaired) electrons. The van der Waals surface area contributed by atoms with Gasteiger partial charge in [-0.2, -0.15) is 5.10 Å². The maximum atomic E-state index is 5.72. The molecule has 2 aromatic heterocycles. The van der Waals surface area contributed by atoms with Crippen LogP contribution < -0.4 is 11.3 Å². The Morgan fingerprint density at radius 1 is 1.35 bits per heavy atom. The molecule has 0 aliphatic carbocycles. The number of aryl methyl sites for hydroxylation is 3. The van der Waals surface area contributed by atoms with Gasteiger partial charge in [-0.15, -0.1) is 0 Å². The zero-order valence-corrected chi connectivity index (χ0v) is 12.3. The highest BCUT2D eigenvalue weighted by Crippen LogP contribution is 2.19. The fourth-order valence-electron chi connectivity index (χ4n) is 2.35. The second-order valence-electron chi connectivity index (χ2n) is 4.95. The summed E-state index contributed by atoms with van der Waals surface area (Å²) in [5.74, 6) is 6.66. The van der Waals surface area contributed by atoms with Gasteiger partial charge in [0.25, 0.3) is 0 Å². The lowest BCUT2D eigenvalue weighted by atomic mass is 10.0. The van der Waals surface area contributed by atoms with Crippen molar-refractivity contribution in [3.63, 3.8) is 0 Å². The summed E-state index contributed by atoms with van der Waals surface area (Å²) in [6.45, 7) is 6.99. The van der Waals surface area contributed by atoms with E-state index in [4.69, 9.17) is 5.84 Å². The van der Waals surface area contributed by atoms with Crippen molar-refractivity contribution in [3.8, 4) is 0 Å². The van der Waals surface area contributed by atoms with Crippen molar-refractivity contribution in [2.24, 2.45) is 5.84 Å². The maximum Gasteiger partial charge on any atom is 0.138 e. The predicted molar refractivity (Wildman–Crippen MR) is 77.8 cm³/mol. The van der Waals surface area contributed by atoms with E-state index in [1.807, 2.05) is 24.6 Å². The molecule has 1 atom stereocenters. The van der Waals surface area contributed by atoms with Crippen LogP contribution in [0.1, 0.15) is 42.2 Å². The lowest BCUT2D eigenvalue weighted by Gasteiger charge is -2.18. The van der Waals surface area contributed by atoms with Crippen LogP contribution in [0.4, 0.5) is 0 Å². The number of rotatable bonds is 6. The normalized spacial score (nSPS) is 12.6. The summed E-state index contributed by atoms with van der Waals surface area (Å²) in [6.07, 6.45) is 3.32. The van der Waals surface area contributed by atoms with Crippen molar-refractivity contribution in [1.82, 2.24) is 25.2 Å². The van der Waals surface area contributed by atoms with Gasteiger partial charge in [-0.3, -0.25) is 20.9 Å². The molecule has 6 nitrogen and oxygen atoms in total. The number of nitrogens with one attached hydrogen (secondary N) is 1. The highest BCUT2D eigenvalue weighted by Gasteiger charge is 2.17. The molecule has 20 heavy (non-hydrogen) atoms. The molecule has 108 valence electrons. The minimum Gasteiger partial charge on any atom is -0.271 e. The number of hydrazine groups is 1. The summed E-state index contributed by atoms with van der Waals surface area (Å²) in [7, 11) is 0. The van der Waals surface area contributed by atoms with E-state index in [2.05, 4.69) is 33.5 Å². The molecule has 0 bridgehead atoms. The van der Waals surface area contributed by atoms with E-state index in [1.54, 1.807) is 6.33 Å². The Morgan fingerprint density at radius 2 is 2.15 bits per heavy atom. The largest absolute Gasteiger partial charge is 0.271 e. The van der Waals surface area contributed by atoms with Crippen LogP contribution in [-0.4, -0.2) is 19.7 Å². The Labute approximate surface area is 119 Å². The number of aromatic nitrogens is 4. The summed E-state index contributed by atoms with van der Waals surface area (Å²) in [4.78, 5) is 8.82. The average Bonchev–Trinajstić information content (AvgIpc) is 2.84. The third-order valence-corrected chi connectivity index (χ3v) is 3.36. The van der Waals surface area contributed by atoms with E-state index >= 15 is 0 Å². The van der Waals surface area contributed by atoms with Crippen LogP contribution in [-0.2, 0) is 13.0 Å². The molecule has 0 aliphatic heterocycles. The molecule has 2 rings (SSSR count). The molecular formula is C14H22N6. The van der Waals surface area contributed by atoms with Gasteiger partial charge in [0, 0.05) is 24.4 Å². The Hall–Kier alpha value is -1.79. The second kappa shape index (κ2) is 6.58. The predicted octanol–water partition coefficient (Wildman–Crippen LogP) is 1.45. The minimum atomic E-state index is -0.0112. The van der Waals surface area contributed by atoms with Gasteiger partial charge in [0.05, 0.1) is 6.04 Å². The number of hydrogen-bond donors (Lipinski definition) is 2. The Kier molecular flexibility index (Phi) is 4.81. The Bertz CT molecular complexity index is 563. The summed E-state index contributed by atoms with van der Waals surface area (Å²) in [5, 5.41) is 4.24. The first-order valence-corrected chi connectivity index (χ1v) is 6.92. The first-order valence-electron chi connectivity index (χ1n) is 6.92. The van der Waals surface area contributed by atoms with Crippen molar-refractivity contribution in [3.05, 3.63) is 41.2 Å². The van der Waals surface area contributed by atoms with Crippen LogP contribution in [0.25, 0.3) is 0 Å². The molecule has 3 N–H and O–H groups in total. The van der Waals surface area contributed by atoms with Crippen LogP contribution >= 0.6 is 0 Å². The van der Waals surface area contributed by atoms with Gasteiger partial charge in [-0.1, -0.05) is 13.0 Å². The number of hydrogen-bond acceptors (Lipinski definition) is 5. The van der Waals surface area contributed by atoms with E-state index in [-0.39, 0.29) is 6.04 Å². The van der Waals surface area contributed by atoms with E-state index in [0.717, 1.165) is 35.7 Å². The molecule has 0 spiro atoms. The van der Waals surface area contributed by atoms with Crippen molar-refractivity contribution in [2.75, 3.05) is 0 Å². The SMILES string of the molecule is CCCn1ncnc1CC(NN)c1ccc(C)nc1C. The molecule has 0 saturated heterocycles. The van der Waals surface area contributed by atoms with Gasteiger partial charge in [0.1, 0.15) is 12.2 Å². The maximum absolute atomic E-state index is 5.72. The van der Waals surface area contributed by atoms with Crippen LogP contribution in [0.3, 0.4) is 0 Å². The Balaban J connectivity index is 2.22. The molecule has 6 heteroatoms. The zero-order valence-electron chi connectivity index (χ0n) is 12.3. The van der Waals surface area contributed by atoms with Gasteiger partial charge >= 0.3 is 0 Å². The van der Waals surface area contributed by atoms with Crippen molar-refractivity contribution in [2.45, 2.75) is 46.2 Å². The first kappa shape index (κ1) is 14.6. The number of nitrogens with zero attached hydrogens (tertiary/aromatic N) is 4. The summed E-state index contributed by atoms with van der Waals surface area (Å²) < 4.78 is 1.93. The monoisotopic (exact) mass is 274 g/mol. The average molecular weight is 274 g/mol. The van der Waals surface area contributed by atoms with Gasteiger partial charge in [0.2, 0.25) is 0 Å². The quantitative estimate of drug-likeness (QED) is 0.615. The third-order valence-electron chi connectivity index (χ3n) is 3.36. The van der Waals surface area contributed by atoms with Gasteiger partial charge < -0.3 is 0 Å². The van der Waals surface area contributed by atoms with Crippen molar-refractivity contribution in [1.29, 1.82) is 0 Å². The molecule has 2 heterocycles. The smallest absolute Gasteiger partial charge is 0.138 e. The van der Waals surface area contributed by atoms with E-state index in [0.29, 0.717) is 6.42 Å². The summed E-state index contributed by atoms with van der Waals surface area (Å²) in [5.41, 5.74) is 5.97. The van der Waals surface area contributed by atoms with Gasteiger partial charge in [0.15, 0.2) is 0 Å². The highest BCUT2D eigenvalue weighted by molar-refractivity contribution is 5.25. The zero-order chi connectivity index (χ0) is 14.5. The molecule has 0 fully saturated rings. The molecule has 0 amide bonds. The van der Waals surface area contributed by atoms with E-state index in [1.165, 1.54) is 0 Å². The molecular weight excluding hydrogens is 252 g/mol. The topological polar surface area (TPSA) is 81.7 Å². The minimum absolute atomic E-state index is 0.0112. The molecule has 2 aromatic rings. The van der Waals surface area contributed by atoms with Crippen molar-refractivity contribution >= 4 is 0 Å². The third kappa shape index (κ3) is 3.20. The lowest BCUT2D eigenvalue weighted by Crippen LogP contribution is -2.31. The number of pyridine rings is 1. The van der Waals surface area contributed by atoms with Crippen LogP contribution in [0.2, 0.25) is 0 Å². The lowest BCUT2D eigenvalue weighted by molar-refractivity contribution is 0.496. The van der Waals surface area contributed by atoms with Crippen molar-refractivity contribution < 1.29 is 0 Å². The van der Waals surface area contributed by atoms with E-state index < -0.39 is 0 Å². The molecule has 0 saturated carbocycles. The first-order chi connectivity index (χ1) is 9.65. The fourth-order valence-corrected chi connectivity index (χ4v) is 2.35. The molecule has 1 unspecified atom stereocenters. The molecule has 0 aliphatic rings. The highest BCUT2D eigenvalue weighted by atomic mass is 15.3.